The molecular formula is C10H12F2N2O2. The first-order valence-electron chi connectivity index (χ1n) is 4.56. The van der Waals surface area contributed by atoms with Gasteiger partial charge >= 0.3 is 5.97 Å². The summed E-state index contributed by atoms with van der Waals surface area (Å²) < 4.78 is 30.0. The number of carbonyl (C=O) groups is 1. The highest BCUT2D eigenvalue weighted by molar-refractivity contribution is 5.73. The molecule has 0 atom stereocenters. The Morgan fingerprint density at radius 3 is 2.75 bits per heavy atom. The van der Waals surface area contributed by atoms with Crippen LogP contribution in [0.15, 0.2) is 6.20 Å². The molecular weight excluding hydrogens is 218 g/mol. The quantitative estimate of drug-likeness (QED) is 0.801. The fourth-order valence-corrected chi connectivity index (χ4v) is 1.36. The molecule has 0 spiro atoms. The lowest BCUT2D eigenvalue weighted by Crippen LogP contribution is -2.10. The Kier molecular flexibility index (Phi) is 3.76. The van der Waals surface area contributed by atoms with Gasteiger partial charge in [0.1, 0.15) is 5.82 Å². The third-order valence-electron chi connectivity index (χ3n) is 2.27. The molecule has 0 radical (unpaired) electrons. The Bertz CT molecular complexity index is 408. The Labute approximate surface area is 91.4 Å². The summed E-state index contributed by atoms with van der Waals surface area (Å²) in [5.41, 5.74) is 5.54. The number of anilines is 1. The predicted molar refractivity (Wildman–Crippen MR) is 54.1 cm³/mol. The van der Waals surface area contributed by atoms with E-state index in [1.807, 2.05) is 0 Å². The van der Waals surface area contributed by atoms with E-state index in [4.69, 9.17) is 5.73 Å². The van der Waals surface area contributed by atoms with Crippen molar-refractivity contribution in [2.45, 2.75) is 19.8 Å². The number of halogens is 2. The summed E-state index contributed by atoms with van der Waals surface area (Å²) in [6.45, 7) is 1.45. The van der Waals surface area contributed by atoms with Gasteiger partial charge in [-0.3, -0.25) is 4.79 Å². The first-order chi connectivity index (χ1) is 7.47. The SMILES string of the molecule is COC(=O)Cc1cnc(N)c(C)c1C(F)F. The largest absolute Gasteiger partial charge is 0.469 e. The van der Waals surface area contributed by atoms with Crippen LogP contribution in [0.25, 0.3) is 0 Å². The summed E-state index contributed by atoms with van der Waals surface area (Å²) >= 11 is 0. The van der Waals surface area contributed by atoms with Crippen molar-refractivity contribution in [1.29, 1.82) is 0 Å². The number of esters is 1. The lowest BCUT2D eigenvalue weighted by molar-refractivity contribution is -0.139. The standard InChI is InChI=1S/C10H12F2N2O2/c1-5-8(9(11)12)6(3-7(15)16-2)4-14-10(5)13/h4,9H,3H2,1-2H3,(H2,13,14). The smallest absolute Gasteiger partial charge is 0.310 e. The molecule has 1 aromatic rings. The molecule has 0 aliphatic heterocycles. The van der Waals surface area contributed by atoms with Gasteiger partial charge in [-0.25, -0.2) is 13.8 Å². The van der Waals surface area contributed by atoms with Gasteiger partial charge in [0.05, 0.1) is 13.5 Å². The van der Waals surface area contributed by atoms with Crippen molar-refractivity contribution in [3.63, 3.8) is 0 Å². The van der Waals surface area contributed by atoms with E-state index in [0.29, 0.717) is 0 Å². The zero-order valence-electron chi connectivity index (χ0n) is 8.96. The highest BCUT2D eigenvalue weighted by Crippen LogP contribution is 2.28. The van der Waals surface area contributed by atoms with E-state index in [-0.39, 0.29) is 28.9 Å². The maximum Gasteiger partial charge on any atom is 0.310 e. The fourth-order valence-electron chi connectivity index (χ4n) is 1.36. The van der Waals surface area contributed by atoms with Gasteiger partial charge in [-0.05, 0) is 12.5 Å². The minimum Gasteiger partial charge on any atom is -0.469 e. The minimum atomic E-state index is -2.69. The van der Waals surface area contributed by atoms with Crippen molar-refractivity contribution < 1.29 is 18.3 Å². The van der Waals surface area contributed by atoms with Crippen LogP contribution in [0.5, 0.6) is 0 Å². The van der Waals surface area contributed by atoms with Crippen LogP contribution in [0.3, 0.4) is 0 Å². The number of alkyl halides is 2. The predicted octanol–water partition coefficient (Wildman–Crippen LogP) is 1.63. The van der Waals surface area contributed by atoms with Crippen molar-refractivity contribution in [3.8, 4) is 0 Å². The average Bonchev–Trinajstić information content (AvgIpc) is 2.23. The number of pyridine rings is 1. The molecule has 0 amide bonds. The van der Waals surface area contributed by atoms with Gasteiger partial charge in [0.2, 0.25) is 0 Å². The van der Waals surface area contributed by atoms with Crippen LogP contribution in [-0.4, -0.2) is 18.1 Å². The molecule has 0 saturated carbocycles. The fraction of sp³-hybridized carbons (Fsp3) is 0.400. The first-order valence-corrected chi connectivity index (χ1v) is 4.56. The zero-order valence-corrected chi connectivity index (χ0v) is 8.96. The summed E-state index contributed by atoms with van der Waals surface area (Å²) in [6.07, 6.45) is -1.74. The van der Waals surface area contributed by atoms with E-state index >= 15 is 0 Å². The molecule has 0 saturated heterocycles. The van der Waals surface area contributed by atoms with Gasteiger partial charge in [-0.15, -0.1) is 0 Å². The van der Waals surface area contributed by atoms with E-state index in [2.05, 4.69) is 9.72 Å². The second-order valence-electron chi connectivity index (χ2n) is 3.26. The second-order valence-corrected chi connectivity index (χ2v) is 3.26. The van der Waals surface area contributed by atoms with Crippen LogP contribution < -0.4 is 5.73 Å². The van der Waals surface area contributed by atoms with Crippen LogP contribution in [0.4, 0.5) is 14.6 Å². The topological polar surface area (TPSA) is 65.2 Å². The van der Waals surface area contributed by atoms with Crippen molar-refractivity contribution >= 4 is 11.8 Å². The molecule has 4 nitrogen and oxygen atoms in total. The Morgan fingerprint density at radius 2 is 2.25 bits per heavy atom. The minimum absolute atomic E-state index is 0.0453. The number of aromatic nitrogens is 1. The van der Waals surface area contributed by atoms with E-state index < -0.39 is 12.4 Å². The Morgan fingerprint density at radius 1 is 1.62 bits per heavy atom. The van der Waals surface area contributed by atoms with Gasteiger partial charge in [-0.1, -0.05) is 0 Å². The summed E-state index contributed by atoms with van der Waals surface area (Å²) in [5.74, 6) is -0.545. The van der Waals surface area contributed by atoms with Gasteiger partial charge in [0.25, 0.3) is 6.43 Å². The lowest BCUT2D eigenvalue weighted by atomic mass is 10.0. The molecule has 0 aromatic carbocycles. The third-order valence-corrected chi connectivity index (χ3v) is 2.27. The van der Waals surface area contributed by atoms with Gasteiger partial charge in [-0.2, -0.15) is 0 Å². The molecule has 2 N–H and O–H groups in total. The highest BCUT2D eigenvalue weighted by atomic mass is 19.3. The number of nitrogen functional groups attached to an aromatic ring is 1. The number of ether oxygens (including phenoxy) is 1. The molecule has 0 aliphatic rings. The summed E-state index contributed by atoms with van der Waals surface area (Å²) in [4.78, 5) is 14.8. The van der Waals surface area contributed by atoms with Crippen molar-refractivity contribution in [2.75, 3.05) is 12.8 Å². The maximum absolute atomic E-state index is 12.8. The second kappa shape index (κ2) is 4.87. The summed E-state index contributed by atoms with van der Waals surface area (Å²) in [7, 11) is 1.20. The lowest BCUT2D eigenvalue weighted by Gasteiger charge is -2.12. The average molecular weight is 230 g/mol. The molecule has 1 aromatic heterocycles. The highest BCUT2D eigenvalue weighted by Gasteiger charge is 2.20. The molecule has 0 bridgehead atoms. The normalized spacial score (nSPS) is 10.6. The molecule has 6 heteroatoms. The van der Waals surface area contributed by atoms with Crippen molar-refractivity contribution in [1.82, 2.24) is 4.98 Å². The number of nitrogens with two attached hydrogens (primary N) is 1. The van der Waals surface area contributed by atoms with Crippen LogP contribution in [0.2, 0.25) is 0 Å². The van der Waals surface area contributed by atoms with Gasteiger partial charge < -0.3 is 10.5 Å². The Hall–Kier alpha value is -1.72. The molecule has 1 heterocycles. The van der Waals surface area contributed by atoms with Crippen molar-refractivity contribution in [2.24, 2.45) is 0 Å². The number of rotatable bonds is 3. The zero-order chi connectivity index (χ0) is 12.3. The van der Waals surface area contributed by atoms with Crippen LogP contribution in [0, 0.1) is 6.92 Å². The molecule has 0 fully saturated rings. The number of hydrogen-bond acceptors (Lipinski definition) is 4. The van der Waals surface area contributed by atoms with Crippen LogP contribution in [-0.2, 0) is 16.0 Å². The van der Waals surface area contributed by atoms with Crippen LogP contribution in [0.1, 0.15) is 23.1 Å². The van der Waals surface area contributed by atoms with Gasteiger partial charge in [0.15, 0.2) is 0 Å². The van der Waals surface area contributed by atoms with E-state index in [1.54, 1.807) is 0 Å². The monoisotopic (exact) mass is 230 g/mol. The molecule has 0 aliphatic carbocycles. The first kappa shape index (κ1) is 12.4. The number of methoxy groups -OCH3 is 1. The van der Waals surface area contributed by atoms with Gasteiger partial charge in [0, 0.05) is 17.3 Å². The number of carbonyl (C=O) groups excluding carboxylic acids is 1. The van der Waals surface area contributed by atoms with E-state index in [9.17, 15) is 13.6 Å². The number of hydrogen-bond donors (Lipinski definition) is 1. The molecule has 0 unspecified atom stereocenters. The third kappa shape index (κ3) is 2.44. The molecule has 1 rings (SSSR count). The van der Waals surface area contributed by atoms with Crippen molar-refractivity contribution in [3.05, 3.63) is 22.9 Å². The van der Waals surface area contributed by atoms with E-state index in [1.165, 1.54) is 20.2 Å². The Balaban J connectivity index is 3.18. The van der Waals surface area contributed by atoms with Crippen LogP contribution >= 0.6 is 0 Å². The summed E-state index contributed by atoms with van der Waals surface area (Å²) in [6, 6.07) is 0. The molecule has 88 valence electrons. The summed E-state index contributed by atoms with van der Waals surface area (Å²) in [5, 5.41) is 0. The number of nitrogens with zero attached hydrogens (tertiary/aromatic N) is 1. The van der Waals surface area contributed by atoms with E-state index in [0.717, 1.165) is 0 Å². The molecule has 16 heavy (non-hydrogen) atoms. The maximum atomic E-state index is 12.8.